The van der Waals surface area contributed by atoms with Crippen LogP contribution in [0.2, 0.25) is 0 Å². The number of carbonyl (C=O) groups is 1. The number of nitrogens with zero attached hydrogens (tertiary/aromatic N) is 1. The highest BCUT2D eigenvalue weighted by Gasteiger charge is 2.51. The molecule has 1 N–H and O–H groups in total. The van der Waals surface area contributed by atoms with Gasteiger partial charge in [-0.2, -0.15) is 0 Å². The van der Waals surface area contributed by atoms with Crippen LogP contribution in [0.1, 0.15) is 47.5 Å². The van der Waals surface area contributed by atoms with Crippen LogP contribution in [0.4, 0.5) is 0 Å². The van der Waals surface area contributed by atoms with Gasteiger partial charge in [-0.05, 0) is 42.4 Å². The number of hydrogen-bond acceptors (Lipinski definition) is 2. The molecule has 1 amide bonds. The summed E-state index contributed by atoms with van der Waals surface area (Å²) in [5.74, 6) is 1.86. The van der Waals surface area contributed by atoms with E-state index in [9.17, 15) is 4.79 Å². The fourth-order valence-corrected chi connectivity index (χ4v) is 4.53. The highest BCUT2D eigenvalue weighted by molar-refractivity contribution is 5.94. The number of amides is 1. The van der Waals surface area contributed by atoms with Crippen molar-refractivity contribution in [2.45, 2.75) is 37.6 Å². The predicted octanol–water partition coefficient (Wildman–Crippen LogP) is 3.78. The fraction of sp³-hybridized carbons (Fsp3) is 0.400. The van der Waals surface area contributed by atoms with Crippen LogP contribution in [-0.2, 0) is 0 Å². The first-order valence-corrected chi connectivity index (χ1v) is 8.60. The van der Waals surface area contributed by atoms with Crippen LogP contribution in [0.25, 0.3) is 0 Å². The summed E-state index contributed by atoms with van der Waals surface area (Å²) in [4.78, 5) is 16.5. The Morgan fingerprint density at radius 3 is 2.39 bits per heavy atom. The molecule has 23 heavy (non-hydrogen) atoms. The van der Waals surface area contributed by atoms with Crippen LogP contribution in [0, 0.1) is 11.8 Å². The van der Waals surface area contributed by atoms with Gasteiger partial charge in [0.25, 0.3) is 5.91 Å². The zero-order valence-corrected chi connectivity index (χ0v) is 13.2. The molecule has 2 saturated carbocycles. The molecule has 1 heterocycles. The van der Waals surface area contributed by atoms with Crippen molar-refractivity contribution < 1.29 is 4.79 Å². The fourth-order valence-electron chi connectivity index (χ4n) is 4.53. The van der Waals surface area contributed by atoms with Crippen LogP contribution in [0.15, 0.2) is 54.9 Å². The Balaban J connectivity index is 1.56. The zero-order valence-electron chi connectivity index (χ0n) is 13.2. The molecule has 0 radical (unpaired) electrons. The van der Waals surface area contributed by atoms with Crippen LogP contribution in [-0.4, -0.2) is 16.9 Å². The Morgan fingerprint density at radius 1 is 0.957 bits per heavy atom. The molecule has 2 aliphatic carbocycles. The van der Waals surface area contributed by atoms with Gasteiger partial charge in [0.15, 0.2) is 0 Å². The highest BCUT2D eigenvalue weighted by Crippen LogP contribution is 2.54. The molecular weight excluding hydrogens is 284 g/mol. The lowest BCUT2D eigenvalue weighted by atomic mass is 9.53. The normalized spacial score (nSPS) is 29.2. The summed E-state index contributed by atoms with van der Waals surface area (Å²) in [7, 11) is 0. The Kier molecular flexibility index (Phi) is 3.86. The molecule has 4 atom stereocenters. The van der Waals surface area contributed by atoms with Crippen LogP contribution in [0.3, 0.4) is 0 Å². The minimum Gasteiger partial charge on any atom is -0.348 e. The molecular formula is C20H22N2O. The molecule has 118 valence electrons. The van der Waals surface area contributed by atoms with Gasteiger partial charge in [-0.25, -0.2) is 0 Å². The first-order valence-electron chi connectivity index (χ1n) is 8.60. The minimum absolute atomic E-state index is 0.0300. The molecule has 1 aromatic carbocycles. The Morgan fingerprint density at radius 2 is 1.65 bits per heavy atom. The van der Waals surface area contributed by atoms with Gasteiger partial charge < -0.3 is 5.32 Å². The number of hydrogen-bond donors (Lipinski definition) is 1. The summed E-state index contributed by atoms with van der Waals surface area (Å²) in [6, 6.07) is 14.5. The van der Waals surface area contributed by atoms with Crippen LogP contribution >= 0.6 is 0 Å². The maximum absolute atomic E-state index is 12.6. The summed E-state index contributed by atoms with van der Waals surface area (Å²) in [5, 5.41) is 3.31. The van der Waals surface area contributed by atoms with E-state index in [0.29, 0.717) is 17.4 Å². The van der Waals surface area contributed by atoms with E-state index >= 15 is 0 Å². The van der Waals surface area contributed by atoms with Gasteiger partial charge in [-0.3, -0.25) is 9.78 Å². The minimum atomic E-state index is 0.0300. The molecule has 0 saturated heterocycles. The van der Waals surface area contributed by atoms with Crippen molar-refractivity contribution in [3.63, 3.8) is 0 Å². The van der Waals surface area contributed by atoms with Gasteiger partial charge >= 0.3 is 0 Å². The second kappa shape index (κ2) is 6.15. The third-order valence-corrected chi connectivity index (χ3v) is 5.61. The van der Waals surface area contributed by atoms with E-state index in [4.69, 9.17) is 0 Å². The molecule has 0 bridgehead atoms. The quantitative estimate of drug-likeness (QED) is 0.937. The number of nitrogens with one attached hydrogen (secondary N) is 1. The predicted molar refractivity (Wildman–Crippen MR) is 90.1 cm³/mol. The summed E-state index contributed by atoms with van der Waals surface area (Å²) < 4.78 is 0. The van der Waals surface area contributed by atoms with Crippen molar-refractivity contribution in [2.24, 2.45) is 11.8 Å². The number of rotatable bonds is 3. The first-order chi connectivity index (χ1) is 11.3. The third kappa shape index (κ3) is 2.65. The van der Waals surface area contributed by atoms with Crippen molar-refractivity contribution in [2.75, 3.05) is 0 Å². The Hall–Kier alpha value is -2.16. The Bertz CT molecular complexity index is 671. The Labute approximate surface area is 137 Å². The molecule has 0 aliphatic heterocycles. The van der Waals surface area contributed by atoms with Gasteiger partial charge in [0, 0.05) is 29.9 Å². The standard InChI is InChI=1S/C20H22N2O/c23-20(15-10-12-21-13-11-15)22-19-17-9-5-4-8-16(17)18(19)14-6-2-1-3-7-14/h1-3,6-7,10-13,16-19H,4-5,8-9H2,(H,22,23)/t16?,17?,18-,19-/m0/s1. The van der Waals surface area contributed by atoms with E-state index in [1.54, 1.807) is 24.5 Å². The third-order valence-electron chi connectivity index (χ3n) is 5.61. The molecule has 2 unspecified atom stereocenters. The van der Waals surface area contributed by atoms with E-state index in [0.717, 1.165) is 5.92 Å². The average Bonchev–Trinajstić information content (AvgIpc) is 2.61. The van der Waals surface area contributed by atoms with Crippen molar-refractivity contribution in [1.29, 1.82) is 0 Å². The van der Waals surface area contributed by atoms with Gasteiger partial charge in [-0.15, -0.1) is 0 Å². The molecule has 4 rings (SSSR count). The summed E-state index contributed by atoms with van der Waals surface area (Å²) in [6.45, 7) is 0. The van der Waals surface area contributed by atoms with Crippen LogP contribution < -0.4 is 5.32 Å². The van der Waals surface area contributed by atoms with Crippen molar-refractivity contribution in [3.8, 4) is 0 Å². The molecule has 2 fully saturated rings. The zero-order chi connectivity index (χ0) is 15.6. The SMILES string of the molecule is O=C(N[C@H]1C2CCCCC2[C@@H]1c1ccccc1)c1ccncc1. The average molecular weight is 306 g/mol. The van der Waals surface area contributed by atoms with Crippen molar-refractivity contribution in [3.05, 3.63) is 66.0 Å². The molecule has 2 aliphatic rings. The topological polar surface area (TPSA) is 42.0 Å². The molecule has 3 nitrogen and oxygen atoms in total. The lowest BCUT2D eigenvalue weighted by Crippen LogP contribution is -2.59. The van der Waals surface area contributed by atoms with Gasteiger partial charge in [0.1, 0.15) is 0 Å². The van der Waals surface area contributed by atoms with Crippen molar-refractivity contribution in [1.82, 2.24) is 10.3 Å². The highest BCUT2D eigenvalue weighted by atomic mass is 16.1. The van der Waals surface area contributed by atoms with E-state index in [1.807, 2.05) is 0 Å². The van der Waals surface area contributed by atoms with Gasteiger partial charge in [-0.1, -0.05) is 43.2 Å². The monoisotopic (exact) mass is 306 g/mol. The van der Waals surface area contributed by atoms with E-state index in [1.165, 1.54) is 31.2 Å². The summed E-state index contributed by atoms with van der Waals surface area (Å²) in [5.41, 5.74) is 2.07. The van der Waals surface area contributed by atoms with E-state index in [-0.39, 0.29) is 11.9 Å². The lowest BCUT2D eigenvalue weighted by molar-refractivity contribution is 0.0252. The smallest absolute Gasteiger partial charge is 0.251 e. The molecule has 2 aromatic rings. The second-order valence-electron chi connectivity index (χ2n) is 6.78. The lowest BCUT2D eigenvalue weighted by Gasteiger charge is -2.55. The number of fused-ring (bicyclic) bond motifs is 1. The molecule has 3 heteroatoms. The number of carbonyl (C=O) groups excluding carboxylic acids is 1. The first kappa shape index (κ1) is 14.4. The number of benzene rings is 1. The second-order valence-corrected chi connectivity index (χ2v) is 6.78. The summed E-state index contributed by atoms with van der Waals surface area (Å²) >= 11 is 0. The van der Waals surface area contributed by atoms with E-state index in [2.05, 4.69) is 40.6 Å². The van der Waals surface area contributed by atoms with Crippen LogP contribution in [0.5, 0.6) is 0 Å². The molecule has 0 spiro atoms. The van der Waals surface area contributed by atoms with Crippen molar-refractivity contribution >= 4 is 5.91 Å². The maximum Gasteiger partial charge on any atom is 0.251 e. The maximum atomic E-state index is 12.6. The van der Waals surface area contributed by atoms with E-state index < -0.39 is 0 Å². The molecule has 1 aromatic heterocycles. The van der Waals surface area contributed by atoms with Gasteiger partial charge in [0.05, 0.1) is 0 Å². The largest absolute Gasteiger partial charge is 0.348 e. The summed E-state index contributed by atoms with van der Waals surface area (Å²) in [6.07, 6.45) is 8.52. The van der Waals surface area contributed by atoms with Gasteiger partial charge in [0.2, 0.25) is 0 Å². The number of aromatic nitrogens is 1. The number of pyridine rings is 1.